The molecule has 0 saturated carbocycles. The number of phosphoric ester groups is 1. The molecule has 0 amide bonds. The van der Waals surface area contributed by atoms with Crippen LogP contribution >= 0.6 is 7.82 Å². The lowest BCUT2D eigenvalue weighted by atomic mass is 9.87. The molecule has 4 nitrogen and oxygen atoms in total. The number of phosphoric acid groups is 1. The van der Waals surface area contributed by atoms with Crippen LogP contribution in [0.1, 0.15) is 33.3 Å². The van der Waals surface area contributed by atoms with Gasteiger partial charge in [0.1, 0.15) is 17.0 Å². The zero-order valence-electron chi connectivity index (χ0n) is 17.2. The molecule has 0 spiro atoms. The van der Waals surface area contributed by atoms with Crippen molar-refractivity contribution in [3.8, 4) is 5.75 Å². The monoisotopic (exact) mass is 400 g/mol. The molecule has 0 fully saturated rings. The summed E-state index contributed by atoms with van der Waals surface area (Å²) in [5.74, 6) is 0.484. The average molecular weight is 400 g/mol. The first kappa shape index (κ1) is 20.9. The van der Waals surface area contributed by atoms with Crippen molar-refractivity contribution in [2.75, 3.05) is 0 Å². The third-order valence-electron chi connectivity index (χ3n) is 5.54. The van der Waals surface area contributed by atoms with Gasteiger partial charge in [-0.2, -0.15) is 0 Å². The summed E-state index contributed by atoms with van der Waals surface area (Å²) in [7, 11) is -3.97. The van der Waals surface area contributed by atoms with Crippen LogP contribution in [-0.4, -0.2) is 11.2 Å². The minimum Gasteiger partial charge on any atom is -0.404 e. The van der Waals surface area contributed by atoms with Gasteiger partial charge in [-0.15, -0.1) is 0 Å². The van der Waals surface area contributed by atoms with Crippen LogP contribution in [0.3, 0.4) is 0 Å². The van der Waals surface area contributed by atoms with Crippen LogP contribution < -0.4 is 4.52 Å². The normalized spacial score (nSPS) is 33.6. The van der Waals surface area contributed by atoms with Gasteiger partial charge in [0, 0.05) is 11.8 Å². The van der Waals surface area contributed by atoms with Crippen molar-refractivity contribution < 1.29 is 18.1 Å². The molecule has 4 atom stereocenters. The largest absolute Gasteiger partial charge is 0.531 e. The van der Waals surface area contributed by atoms with Crippen LogP contribution in [0.2, 0.25) is 0 Å². The first-order valence-electron chi connectivity index (χ1n) is 9.64. The number of benzene rings is 1. The number of aryl methyl sites for hydroxylation is 1. The van der Waals surface area contributed by atoms with E-state index in [1.807, 2.05) is 95.4 Å². The van der Waals surface area contributed by atoms with E-state index in [9.17, 15) is 4.57 Å². The smallest absolute Gasteiger partial charge is 0.404 e. The van der Waals surface area contributed by atoms with Crippen molar-refractivity contribution in [3.63, 3.8) is 0 Å². The van der Waals surface area contributed by atoms with Gasteiger partial charge in [0.25, 0.3) is 0 Å². The van der Waals surface area contributed by atoms with E-state index in [0.717, 1.165) is 5.56 Å². The number of hydrogen-bond donors (Lipinski definition) is 0. The summed E-state index contributed by atoms with van der Waals surface area (Å²) in [6.45, 7) is 9.82. The van der Waals surface area contributed by atoms with E-state index < -0.39 is 19.0 Å². The Hall–Kier alpha value is -1.87. The van der Waals surface area contributed by atoms with E-state index in [1.54, 1.807) is 12.1 Å². The van der Waals surface area contributed by atoms with Crippen LogP contribution in [-0.2, 0) is 13.6 Å². The first-order valence-corrected chi connectivity index (χ1v) is 11.1. The summed E-state index contributed by atoms with van der Waals surface area (Å²) >= 11 is 0. The molecule has 1 aromatic carbocycles. The lowest BCUT2D eigenvalue weighted by Crippen LogP contribution is -2.38. The Morgan fingerprint density at radius 2 is 1.29 bits per heavy atom. The fraction of sp³-hybridized carbons (Fsp3) is 0.391. The maximum atomic E-state index is 13.9. The summed E-state index contributed by atoms with van der Waals surface area (Å²) in [6.07, 6.45) is 15.5. The molecule has 2 aliphatic carbocycles. The highest BCUT2D eigenvalue weighted by molar-refractivity contribution is 7.49. The van der Waals surface area contributed by atoms with Crippen molar-refractivity contribution in [1.29, 1.82) is 0 Å². The van der Waals surface area contributed by atoms with Gasteiger partial charge in [0.05, 0.1) is 0 Å². The molecule has 4 unspecified atom stereocenters. The molecule has 3 rings (SSSR count). The highest BCUT2D eigenvalue weighted by Crippen LogP contribution is 2.58. The molecule has 0 N–H and O–H groups in total. The maximum Gasteiger partial charge on any atom is 0.531 e. The lowest BCUT2D eigenvalue weighted by molar-refractivity contribution is 0.00313. The molecule has 2 aliphatic rings. The Bertz CT molecular complexity index is 821. The van der Waals surface area contributed by atoms with Crippen LogP contribution in [0.25, 0.3) is 0 Å². The number of allylic oxidation sites excluding steroid dienone is 4. The van der Waals surface area contributed by atoms with Gasteiger partial charge in [0.15, 0.2) is 0 Å². The quantitative estimate of drug-likeness (QED) is 0.508. The predicted molar refractivity (Wildman–Crippen MR) is 113 cm³/mol. The van der Waals surface area contributed by atoms with E-state index in [-0.39, 0.29) is 11.8 Å². The Morgan fingerprint density at radius 3 is 1.71 bits per heavy atom. The average Bonchev–Trinajstić information content (AvgIpc) is 2.62. The Balaban J connectivity index is 1.93. The highest BCUT2D eigenvalue weighted by atomic mass is 31.2. The van der Waals surface area contributed by atoms with Crippen LogP contribution in [0.15, 0.2) is 72.9 Å². The minimum absolute atomic E-state index is 0.0167. The predicted octanol–water partition coefficient (Wildman–Crippen LogP) is 6.56. The molecular formula is C23H29O4P. The molecule has 0 aliphatic heterocycles. The van der Waals surface area contributed by atoms with Gasteiger partial charge in [-0.1, -0.05) is 80.2 Å². The Morgan fingerprint density at radius 1 is 0.821 bits per heavy atom. The maximum absolute atomic E-state index is 13.9. The van der Waals surface area contributed by atoms with Crippen LogP contribution in [0.5, 0.6) is 5.75 Å². The second-order valence-electron chi connectivity index (χ2n) is 7.97. The van der Waals surface area contributed by atoms with Crippen LogP contribution in [0, 0.1) is 18.8 Å². The van der Waals surface area contributed by atoms with Gasteiger partial charge in [-0.3, -0.25) is 9.05 Å². The molecule has 1 aromatic rings. The minimum atomic E-state index is -3.97. The van der Waals surface area contributed by atoms with E-state index in [1.165, 1.54) is 0 Å². The summed E-state index contributed by atoms with van der Waals surface area (Å²) < 4.78 is 32.1. The van der Waals surface area contributed by atoms with Gasteiger partial charge < -0.3 is 4.52 Å². The Labute approximate surface area is 168 Å². The first-order chi connectivity index (χ1) is 13.1. The fourth-order valence-electron chi connectivity index (χ4n) is 3.13. The zero-order chi connectivity index (χ0) is 20.4. The molecule has 0 bridgehead atoms. The standard InChI is InChI=1S/C23H29O4P/c1-18-12-14-21(15-13-18)25-28(24,26-22(4)16-8-6-10-19(22)2)27-23(5)17-9-7-11-20(23)3/h6-17,19-20H,1-5H3. The third-order valence-corrected chi connectivity index (χ3v) is 7.21. The molecule has 0 heterocycles. The zero-order valence-corrected chi connectivity index (χ0v) is 18.1. The van der Waals surface area contributed by atoms with Crippen LogP contribution in [0.4, 0.5) is 0 Å². The molecule has 0 radical (unpaired) electrons. The summed E-state index contributed by atoms with van der Waals surface area (Å²) in [4.78, 5) is 0. The van der Waals surface area contributed by atoms with E-state index in [2.05, 4.69) is 0 Å². The Kier molecular flexibility index (Phi) is 5.86. The second kappa shape index (κ2) is 7.87. The van der Waals surface area contributed by atoms with Crippen molar-refractivity contribution >= 4 is 7.82 Å². The summed E-state index contributed by atoms with van der Waals surface area (Å²) in [6, 6.07) is 7.36. The SMILES string of the molecule is Cc1ccc(OP(=O)(OC2(C)C=CC=CC2C)OC2(C)C=CC=CC2C)cc1. The molecule has 0 aromatic heterocycles. The summed E-state index contributed by atoms with van der Waals surface area (Å²) in [5, 5.41) is 0. The van der Waals surface area contributed by atoms with E-state index in [4.69, 9.17) is 13.6 Å². The molecular weight excluding hydrogens is 371 g/mol. The lowest BCUT2D eigenvalue weighted by Gasteiger charge is -2.39. The fourth-order valence-corrected chi connectivity index (χ4v) is 5.04. The highest BCUT2D eigenvalue weighted by Gasteiger charge is 2.46. The van der Waals surface area contributed by atoms with Gasteiger partial charge in [0.2, 0.25) is 0 Å². The number of rotatable bonds is 6. The molecule has 28 heavy (non-hydrogen) atoms. The van der Waals surface area contributed by atoms with Crippen molar-refractivity contribution in [2.24, 2.45) is 11.8 Å². The van der Waals surface area contributed by atoms with Gasteiger partial charge in [-0.25, -0.2) is 4.57 Å². The molecule has 5 heteroatoms. The topological polar surface area (TPSA) is 44.8 Å². The molecule has 0 saturated heterocycles. The molecule has 150 valence electrons. The summed E-state index contributed by atoms with van der Waals surface area (Å²) in [5.41, 5.74) is -0.517. The van der Waals surface area contributed by atoms with Gasteiger partial charge in [-0.05, 0) is 32.9 Å². The number of hydrogen-bond acceptors (Lipinski definition) is 4. The third kappa shape index (κ3) is 4.57. The van der Waals surface area contributed by atoms with E-state index in [0.29, 0.717) is 5.75 Å². The van der Waals surface area contributed by atoms with Crippen molar-refractivity contribution in [2.45, 2.75) is 45.8 Å². The second-order valence-corrected chi connectivity index (χ2v) is 9.41. The van der Waals surface area contributed by atoms with E-state index >= 15 is 0 Å². The van der Waals surface area contributed by atoms with Crippen molar-refractivity contribution in [1.82, 2.24) is 0 Å². The van der Waals surface area contributed by atoms with Crippen molar-refractivity contribution in [3.05, 3.63) is 78.4 Å². The van der Waals surface area contributed by atoms with Gasteiger partial charge >= 0.3 is 7.82 Å².